The van der Waals surface area contributed by atoms with E-state index in [1.54, 1.807) is 18.2 Å². The van der Waals surface area contributed by atoms with E-state index in [9.17, 15) is 9.59 Å². The smallest absolute Gasteiger partial charge is 0.255 e. The van der Waals surface area contributed by atoms with Crippen LogP contribution in [0.3, 0.4) is 0 Å². The molecular formula is C33H32N6O2. The molecule has 8 heteroatoms. The molecule has 206 valence electrons. The SMILES string of the molecule is Cc1ccc(C(=O)N2CCNCC2)cc1NC(=O)c1ccc(Nc2nc(-c3ccccc3)c3c(n2)=CCCC=3)cc1. The second kappa shape index (κ2) is 11.7. The van der Waals surface area contributed by atoms with Gasteiger partial charge < -0.3 is 20.9 Å². The van der Waals surface area contributed by atoms with Crippen LogP contribution in [-0.2, 0) is 0 Å². The fourth-order valence-electron chi connectivity index (χ4n) is 5.13. The predicted octanol–water partition coefficient (Wildman–Crippen LogP) is 3.85. The van der Waals surface area contributed by atoms with Gasteiger partial charge in [0.05, 0.1) is 11.0 Å². The van der Waals surface area contributed by atoms with E-state index < -0.39 is 0 Å². The molecular weight excluding hydrogens is 512 g/mol. The first-order valence-electron chi connectivity index (χ1n) is 14.0. The van der Waals surface area contributed by atoms with Gasteiger partial charge >= 0.3 is 0 Å². The van der Waals surface area contributed by atoms with E-state index in [-0.39, 0.29) is 11.8 Å². The molecule has 0 atom stereocenters. The lowest BCUT2D eigenvalue weighted by Crippen LogP contribution is -2.46. The Kier molecular flexibility index (Phi) is 7.56. The molecule has 0 radical (unpaired) electrons. The third-order valence-electron chi connectivity index (χ3n) is 7.42. The predicted molar refractivity (Wildman–Crippen MR) is 163 cm³/mol. The number of amides is 2. The van der Waals surface area contributed by atoms with Crippen molar-refractivity contribution in [1.29, 1.82) is 0 Å². The molecule has 1 aliphatic heterocycles. The first-order chi connectivity index (χ1) is 20.0. The maximum atomic E-state index is 13.1. The largest absolute Gasteiger partial charge is 0.336 e. The van der Waals surface area contributed by atoms with Crippen LogP contribution in [0, 0.1) is 6.92 Å². The van der Waals surface area contributed by atoms with E-state index in [2.05, 4.69) is 40.2 Å². The molecule has 1 fully saturated rings. The minimum Gasteiger partial charge on any atom is -0.336 e. The van der Waals surface area contributed by atoms with E-state index in [1.807, 2.05) is 54.3 Å². The number of piperazine rings is 1. The molecule has 0 spiro atoms. The summed E-state index contributed by atoms with van der Waals surface area (Å²) < 4.78 is 0. The molecule has 0 unspecified atom stereocenters. The molecule has 3 N–H and O–H groups in total. The van der Waals surface area contributed by atoms with Gasteiger partial charge in [0.15, 0.2) is 0 Å². The highest BCUT2D eigenvalue weighted by molar-refractivity contribution is 6.05. The van der Waals surface area contributed by atoms with Gasteiger partial charge in [-0.05, 0) is 61.7 Å². The quantitative estimate of drug-likeness (QED) is 0.341. The Morgan fingerprint density at radius 2 is 1.59 bits per heavy atom. The van der Waals surface area contributed by atoms with Crippen LogP contribution in [0.4, 0.5) is 17.3 Å². The topological polar surface area (TPSA) is 99.2 Å². The first-order valence-corrected chi connectivity index (χ1v) is 14.0. The fraction of sp³-hybridized carbons (Fsp3) is 0.212. The lowest BCUT2D eigenvalue weighted by molar-refractivity contribution is 0.0735. The number of hydrogen-bond acceptors (Lipinski definition) is 6. The monoisotopic (exact) mass is 544 g/mol. The van der Waals surface area contributed by atoms with Gasteiger partial charge in [-0.25, -0.2) is 9.97 Å². The molecule has 41 heavy (non-hydrogen) atoms. The number of benzene rings is 3. The van der Waals surface area contributed by atoms with Gasteiger partial charge in [-0.15, -0.1) is 0 Å². The third-order valence-corrected chi connectivity index (χ3v) is 7.42. The number of anilines is 3. The van der Waals surface area contributed by atoms with Gasteiger partial charge in [0, 0.05) is 59.5 Å². The van der Waals surface area contributed by atoms with Crippen molar-refractivity contribution in [3.05, 3.63) is 100 Å². The van der Waals surface area contributed by atoms with Crippen molar-refractivity contribution in [3.63, 3.8) is 0 Å². The summed E-state index contributed by atoms with van der Waals surface area (Å²) >= 11 is 0. The molecule has 2 heterocycles. The second-order valence-electron chi connectivity index (χ2n) is 10.3. The lowest BCUT2D eigenvalue weighted by Gasteiger charge is -2.27. The van der Waals surface area contributed by atoms with Gasteiger partial charge in [0.1, 0.15) is 0 Å². The molecule has 2 amide bonds. The van der Waals surface area contributed by atoms with E-state index in [1.165, 1.54) is 0 Å². The summed E-state index contributed by atoms with van der Waals surface area (Å²) in [5, 5.41) is 11.5. The average molecular weight is 545 g/mol. The number of hydrogen-bond donors (Lipinski definition) is 3. The van der Waals surface area contributed by atoms with Crippen molar-refractivity contribution in [1.82, 2.24) is 20.2 Å². The van der Waals surface area contributed by atoms with Crippen LogP contribution in [-0.4, -0.2) is 52.9 Å². The summed E-state index contributed by atoms with van der Waals surface area (Å²) in [6.45, 7) is 4.84. The van der Waals surface area contributed by atoms with Crippen LogP contribution < -0.4 is 26.5 Å². The highest BCUT2D eigenvalue weighted by Crippen LogP contribution is 2.21. The number of nitrogens with one attached hydrogen (secondary N) is 3. The van der Waals surface area contributed by atoms with Gasteiger partial charge in [-0.3, -0.25) is 9.59 Å². The van der Waals surface area contributed by atoms with Crippen molar-refractivity contribution >= 4 is 41.3 Å². The number of aromatic nitrogens is 2. The Morgan fingerprint density at radius 3 is 2.37 bits per heavy atom. The summed E-state index contributed by atoms with van der Waals surface area (Å²) in [6.07, 6.45) is 6.28. The summed E-state index contributed by atoms with van der Waals surface area (Å²) in [4.78, 5) is 37.5. The third kappa shape index (κ3) is 5.88. The molecule has 1 saturated heterocycles. The van der Waals surface area contributed by atoms with Gasteiger partial charge in [-0.1, -0.05) is 48.6 Å². The van der Waals surface area contributed by atoms with E-state index in [0.29, 0.717) is 35.9 Å². The zero-order chi connectivity index (χ0) is 28.2. The number of aryl methyl sites for hydroxylation is 1. The Bertz CT molecular complexity index is 1710. The summed E-state index contributed by atoms with van der Waals surface area (Å²) in [6, 6.07) is 22.8. The molecule has 6 rings (SSSR count). The summed E-state index contributed by atoms with van der Waals surface area (Å²) in [5.41, 5.74) is 5.32. The highest BCUT2D eigenvalue weighted by Gasteiger charge is 2.19. The van der Waals surface area contributed by atoms with Gasteiger partial charge in [0.2, 0.25) is 5.95 Å². The van der Waals surface area contributed by atoms with Gasteiger partial charge in [-0.2, -0.15) is 0 Å². The number of rotatable bonds is 6. The Balaban J connectivity index is 1.18. The number of fused-ring (bicyclic) bond motifs is 1. The van der Waals surface area contributed by atoms with Crippen LogP contribution in [0.25, 0.3) is 23.4 Å². The number of nitrogens with zero attached hydrogens (tertiary/aromatic N) is 3. The highest BCUT2D eigenvalue weighted by atomic mass is 16.2. The molecule has 1 aliphatic carbocycles. The molecule has 3 aromatic carbocycles. The van der Waals surface area contributed by atoms with E-state index in [4.69, 9.17) is 9.97 Å². The summed E-state index contributed by atoms with van der Waals surface area (Å²) in [5.74, 6) is 0.244. The van der Waals surface area contributed by atoms with E-state index in [0.717, 1.165) is 59.0 Å². The minimum absolute atomic E-state index is 0.0206. The zero-order valence-electron chi connectivity index (χ0n) is 23.0. The van der Waals surface area contributed by atoms with Crippen LogP contribution in [0.1, 0.15) is 39.1 Å². The Hall–Kier alpha value is -4.82. The van der Waals surface area contributed by atoms with Crippen molar-refractivity contribution in [2.45, 2.75) is 19.8 Å². The second-order valence-corrected chi connectivity index (χ2v) is 10.3. The average Bonchev–Trinajstić information content (AvgIpc) is 3.02. The van der Waals surface area contributed by atoms with Crippen molar-refractivity contribution < 1.29 is 9.59 Å². The number of carbonyl (C=O) groups excluding carboxylic acids is 2. The van der Waals surface area contributed by atoms with Crippen LogP contribution >= 0.6 is 0 Å². The van der Waals surface area contributed by atoms with E-state index >= 15 is 0 Å². The van der Waals surface area contributed by atoms with Crippen molar-refractivity contribution in [2.24, 2.45) is 0 Å². The normalized spacial score (nSPS) is 14.3. The first kappa shape index (κ1) is 26.4. The molecule has 1 aromatic heterocycles. The van der Waals surface area contributed by atoms with Crippen molar-refractivity contribution in [2.75, 3.05) is 36.8 Å². The summed E-state index contributed by atoms with van der Waals surface area (Å²) in [7, 11) is 0. The van der Waals surface area contributed by atoms with Crippen LogP contribution in [0.15, 0.2) is 72.8 Å². The van der Waals surface area contributed by atoms with Gasteiger partial charge in [0.25, 0.3) is 11.8 Å². The zero-order valence-corrected chi connectivity index (χ0v) is 23.0. The Labute approximate surface area is 238 Å². The van der Waals surface area contributed by atoms with Crippen LogP contribution in [0.2, 0.25) is 0 Å². The maximum Gasteiger partial charge on any atom is 0.255 e. The molecule has 0 bridgehead atoms. The fourth-order valence-corrected chi connectivity index (χ4v) is 5.13. The molecule has 8 nitrogen and oxygen atoms in total. The number of carbonyl (C=O) groups is 2. The standard InChI is InChI=1S/C33H32N6O2/c1-22-11-12-25(32(41)39-19-17-34-18-20-39)21-29(22)36-31(40)24-13-15-26(16-14-24)35-33-37-28-10-6-5-9-27(28)30(38-33)23-7-3-2-4-8-23/h2-4,7-16,21,34H,5-6,17-20H2,1H3,(H,35,37)(H,36,40). The Morgan fingerprint density at radius 1 is 0.854 bits per heavy atom. The minimum atomic E-state index is -0.243. The van der Waals surface area contributed by atoms with Crippen LogP contribution in [0.5, 0.6) is 0 Å². The van der Waals surface area contributed by atoms with Crippen molar-refractivity contribution in [3.8, 4) is 11.3 Å². The molecule has 4 aromatic rings. The molecule has 0 saturated carbocycles. The lowest BCUT2D eigenvalue weighted by atomic mass is 10.1. The molecule has 2 aliphatic rings. The maximum absolute atomic E-state index is 13.1.